The molecule has 0 fully saturated rings. The largest absolute Gasteiger partial charge is 0.490 e. The van der Waals surface area contributed by atoms with Gasteiger partial charge in [0.15, 0.2) is 5.75 Å². The highest BCUT2D eigenvalue weighted by atomic mass is 35.5. The Kier molecular flexibility index (Phi) is 3.88. The number of nitrogens with one attached hydrogen (secondary N) is 1. The zero-order valence-electron chi connectivity index (χ0n) is 13.6. The van der Waals surface area contributed by atoms with Crippen LogP contribution in [0.15, 0.2) is 48.6 Å². The number of ether oxygens (including phenoxy) is 1. The molecule has 3 atom stereocenters. The van der Waals surface area contributed by atoms with Gasteiger partial charge in [0.05, 0.1) is 28.8 Å². The molecule has 0 saturated carbocycles. The van der Waals surface area contributed by atoms with Crippen molar-refractivity contribution in [1.82, 2.24) is 0 Å². The van der Waals surface area contributed by atoms with E-state index in [1.807, 2.05) is 18.2 Å². The van der Waals surface area contributed by atoms with E-state index in [4.69, 9.17) is 16.3 Å². The molecule has 2 aromatic carbocycles. The quantitative estimate of drug-likeness (QED) is 0.473. The molecule has 1 heterocycles. The molecule has 0 aromatic heterocycles. The van der Waals surface area contributed by atoms with E-state index in [2.05, 4.69) is 23.5 Å². The molecule has 0 bridgehead atoms. The average Bonchev–Trinajstić information content (AvgIpc) is 3.11. The minimum Gasteiger partial charge on any atom is -0.490 e. The SMILES string of the molecule is COc1ccc([C@H]2Nc3c(Cl)cccc3[C@@H]3C=CC[C@H]23)cc1[N+](=O)[O-]. The van der Waals surface area contributed by atoms with Gasteiger partial charge in [-0.15, -0.1) is 0 Å². The molecule has 0 unspecified atom stereocenters. The smallest absolute Gasteiger partial charge is 0.311 e. The number of nitro groups is 1. The topological polar surface area (TPSA) is 64.4 Å². The maximum absolute atomic E-state index is 11.4. The van der Waals surface area contributed by atoms with Crippen LogP contribution < -0.4 is 10.1 Å². The van der Waals surface area contributed by atoms with Gasteiger partial charge in [-0.2, -0.15) is 0 Å². The summed E-state index contributed by atoms with van der Waals surface area (Å²) >= 11 is 6.40. The van der Waals surface area contributed by atoms with Crippen molar-refractivity contribution in [3.05, 3.63) is 74.8 Å². The molecule has 1 N–H and O–H groups in total. The Bertz CT molecular complexity index is 881. The summed E-state index contributed by atoms with van der Waals surface area (Å²) in [5.74, 6) is 0.837. The number of allylic oxidation sites excluding steroid dienone is 2. The fourth-order valence-corrected chi connectivity index (χ4v) is 4.19. The number of hydrogen-bond acceptors (Lipinski definition) is 4. The van der Waals surface area contributed by atoms with Crippen molar-refractivity contribution in [2.45, 2.75) is 18.4 Å². The van der Waals surface area contributed by atoms with Crippen molar-refractivity contribution in [1.29, 1.82) is 0 Å². The van der Waals surface area contributed by atoms with Crippen molar-refractivity contribution >= 4 is 23.0 Å². The second kappa shape index (κ2) is 6.08. The molecule has 0 saturated heterocycles. The number of para-hydroxylation sites is 1. The number of hydrogen-bond donors (Lipinski definition) is 1. The summed E-state index contributed by atoms with van der Waals surface area (Å²) in [6.07, 6.45) is 5.32. The summed E-state index contributed by atoms with van der Waals surface area (Å²) in [6, 6.07) is 11.0. The number of anilines is 1. The van der Waals surface area contributed by atoms with Crippen LogP contribution in [-0.4, -0.2) is 12.0 Å². The Morgan fingerprint density at radius 3 is 2.92 bits per heavy atom. The van der Waals surface area contributed by atoms with Gasteiger partial charge >= 0.3 is 5.69 Å². The second-order valence-corrected chi connectivity index (χ2v) is 6.78. The van der Waals surface area contributed by atoms with Crippen molar-refractivity contribution in [2.75, 3.05) is 12.4 Å². The van der Waals surface area contributed by atoms with E-state index < -0.39 is 4.92 Å². The molecule has 25 heavy (non-hydrogen) atoms. The van der Waals surface area contributed by atoms with E-state index in [0.717, 1.165) is 17.7 Å². The van der Waals surface area contributed by atoms with Crippen LogP contribution in [0.2, 0.25) is 5.02 Å². The summed E-state index contributed by atoms with van der Waals surface area (Å²) in [6.45, 7) is 0. The predicted molar refractivity (Wildman–Crippen MR) is 97.5 cm³/mol. The Morgan fingerprint density at radius 2 is 2.16 bits per heavy atom. The van der Waals surface area contributed by atoms with Crippen LogP contribution in [0.3, 0.4) is 0 Å². The first-order valence-corrected chi connectivity index (χ1v) is 8.52. The summed E-state index contributed by atoms with van der Waals surface area (Å²) in [7, 11) is 1.44. The van der Waals surface area contributed by atoms with Crippen molar-refractivity contribution in [3.63, 3.8) is 0 Å². The Labute approximate surface area is 150 Å². The van der Waals surface area contributed by atoms with Gasteiger partial charge in [0.25, 0.3) is 0 Å². The number of nitrogens with zero attached hydrogens (tertiary/aromatic N) is 1. The first kappa shape index (κ1) is 16.0. The average molecular weight is 357 g/mol. The number of rotatable bonds is 3. The van der Waals surface area contributed by atoms with Crippen molar-refractivity contribution in [2.24, 2.45) is 5.92 Å². The van der Waals surface area contributed by atoms with Gasteiger partial charge in [-0.3, -0.25) is 10.1 Å². The molecular formula is C19H17ClN2O3. The number of halogens is 1. The van der Waals surface area contributed by atoms with Crippen LogP contribution in [0.1, 0.15) is 29.5 Å². The summed E-state index contributed by atoms with van der Waals surface area (Å²) in [5, 5.41) is 15.6. The summed E-state index contributed by atoms with van der Waals surface area (Å²) in [5.41, 5.74) is 2.96. The van der Waals surface area contributed by atoms with Gasteiger partial charge in [-0.1, -0.05) is 42.0 Å². The molecule has 4 rings (SSSR count). The fraction of sp³-hybridized carbons (Fsp3) is 0.263. The monoisotopic (exact) mass is 356 g/mol. The van der Waals surface area contributed by atoms with Gasteiger partial charge in [-0.05, 0) is 35.6 Å². The third-order valence-electron chi connectivity index (χ3n) is 5.10. The zero-order chi connectivity index (χ0) is 17.6. The van der Waals surface area contributed by atoms with E-state index in [-0.39, 0.29) is 23.4 Å². The second-order valence-electron chi connectivity index (χ2n) is 6.37. The molecule has 6 heteroatoms. The van der Waals surface area contributed by atoms with Crippen LogP contribution in [0.4, 0.5) is 11.4 Å². The number of benzene rings is 2. The number of nitro benzene ring substituents is 1. The van der Waals surface area contributed by atoms with E-state index in [1.165, 1.54) is 12.7 Å². The molecule has 5 nitrogen and oxygen atoms in total. The molecule has 128 valence electrons. The van der Waals surface area contributed by atoms with Crippen LogP contribution in [-0.2, 0) is 0 Å². The van der Waals surface area contributed by atoms with E-state index in [0.29, 0.717) is 10.9 Å². The van der Waals surface area contributed by atoms with E-state index in [9.17, 15) is 10.1 Å². The highest BCUT2D eigenvalue weighted by Gasteiger charge is 2.39. The Balaban J connectivity index is 1.80. The molecule has 0 spiro atoms. The van der Waals surface area contributed by atoms with Gasteiger partial charge < -0.3 is 10.1 Å². The molecule has 1 aliphatic heterocycles. The third-order valence-corrected chi connectivity index (χ3v) is 5.42. The molecule has 2 aromatic rings. The zero-order valence-corrected chi connectivity index (χ0v) is 14.4. The highest BCUT2D eigenvalue weighted by molar-refractivity contribution is 6.33. The van der Waals surface area contributed by atoms with Crippen LogP contribution in [0.25, 0.3) is 0 Å². The van der Waals surface area contributed by atoms with Crippen LogP contribution >= 0.6 is 11.6 Å². The standard InChI is InChI=1S/C19H17ClN2O3/c1-25-17-9-8-11(10-16(17)22(23)24)18-13-5-2-4-12(13)14-6-3-7-15(20)19(14)21-18/h2-4,6-10,12-13,18,21H,5H2,1H3/t12-,13+,18-/m1/s1. The normalized spacial score (nSPS) is 23.5. The molecule has 0 radical (unpaired) electrons. The molecule has 0 amide bonds. The van der Waals surface area contributed by atoms with Crippen molar-refractivity contribution in [3.8, 4) is 5.75 Å². The van der Waals surface area contributed by atoms with Gasteiger partial charge in [0, 0.05) is 12.0 Å². The van der Waals surface area contributed by atoms with E-state index >= 15 is 0 Å². The van der Waals surface area contributed by atoms with E-state index in [1.54, 1.807) is 12.1 Å². The lowest BCUT2D eigenvalue weighted by Gasteiger charge is -2.37. The first-order valence-electron chi connectivity index (χ1n) is 8.14. The third kappa shape index (κ3) is 2.55. The first-order chi connectivity index (χ1) is 12.1. The molecule has 1 aliphatic carbocycles. The highest BCUT2D eigenvalue weighted by Crippen LogP contribution is 2.51. The predicted octanol–water partition coefficient (Wildman–Crippen LogP) is 5.08. The Hall–Kier alpha value is -2.53. The number of methoxy groups -OCH3 is 1. The Morgan fingerprint density at radius 1 is 1.32 bits per heavy atom. The minimum atomic E-state index is -0.406. The van der Waals surface area contributed by atoms with Gasteiger partial charge in [0.2, 0.25) is 0 Å². The lowest BCUT2D eigenvalue weighted by molar-refractivity contribution is -0.385. The van der Waals surface area contributed by atoms with Gasteiger partial charge in [-0.25, -0.2) is 0 Å². The van der Waals surface area contributed by atoms with Crippen LogP contribution in [0, 0.1) is 16.0 Å². The van der Waals surface area contributed by atoms with Crippen molar-refractivity contribution < 1.29 is 9.66 Å². The lowest BCUT2D eigenvalue weighted by atomic mass is 9.77. The van der Waals surface area contributed by atoms with Crippen LogP contribution in [0.5, 0.6) is 5.75 Å². The molecular weight excluding hydrogens is 340 g/mol. The minimum absolute atomic E-state index is 0.0192. The maximum atomic E-state index is 11.4. The van der Waals surface area contributed by atoms with Gasteiger partial charge in [0.1, 0.15) is 0 Å². The maximum Gasteiger partial charge on any atom is 0.311 e. The number of fused-ring (bicyclic) bond motifs is 3. The summed E-state index contributed by atoms with van der Waals surface area (Å²) < 4.78 is 5.12. The lowest BCUT2D eigenvalue weighted by Crippen LogP contribution is -2.29. The molecule has 2 aliphatic rings. The summed E-state index contributed by atoms with van der Waals surface area (Å²) in [4.78, 5) is 11.0. The fourth-order valence-electron chi connectivity index (χ4n) is 3.96.